The van der Waals surface area contributed by atoms with E-state index in [1.807, 2.05) is 6.92 Å². The van der Waals surface area contributed by atoms with Crippen molar-refractivity contribution < 1.29 is 28.5 Å². The predicted molar refractivity (Wildman–Crippen MR) is 105 cm³/mol. The maximum Gasteiger partial charge on any atom is 0.338 e. The number of esters is 1. The van der Waals surface area contributed by atoms with Gasteiger partial charge < -0.3 is 23.7 Å². The van der Waals surface area contributed by atoms with E-state index in [4.69, 9.17) is 23.7 Å². The normalized spacial score (nSPS) is 10.4. The van der Waals surface area contributed by atoms with Crippen LogP contribution in [-0.2, 0) is 11.2 Å². The van der Waals surface area contributed by atoms with Crippen molar-refractivity contribution >= 4 is 16.7 Å². The topological polar surface area (TPSA) is 63.2 Å². The van der Waals surface area contributed by atoms with Crippen LogP contribution in [0.4, 0.5) is 0 Å². The summed E-state index contributed by atoms with van der Waals surface area (Å²) < 4.78 is 27.6. The Balaban J connectivity index is 3.03. The Labute approximate surface area is 159 Å². The SMILES string of the molecule is C=C(C)Cc1c(C(=O)OCC)cc2c(OC)cc(OC)c(OC)c2c1OC. The zero-order chi connectivity index (χ0) is 20.1. The summed E-state index contributed by atoms with van der Waals surface area (Å²) in [6, 6.07) is 3.46. The van der Waals surface area contributed by atoms with E-state index in [0.29, 0.717) is 51.3 Å². The summed E-state index contributed by atoms with van der Waals surface area (Å²) in [5, 5.41) is 1.33. The zero-order valence-corrected chi connectivity index (χ0v) is 16.7. The molecule has 0 aromatic heterocycles. The Morgan fingerprint density at radius 1 is 0.963 bits per heavy atom. The van der Waals surface area contributed by atoms with Crippen molar-refractivity contribution in [2.45, 2.75) is 20.3 Å². The summed E-state index contributed by atoms with van der Waals surface area (Å²) in [7, 11) is 6.22. The van der Waals surface area contributed by atoms with Gasteiger partial charge in [-0.05, 0) is 26.3 Å². The van der Waals surface area contributed by atoms with Crippen LogP contribution < -0.4 is 18.9 Å². The van der Waals surface area contributed by atoms with Crippen molar-refractivity contribution in [3.63, 3.8) is 0 Å². The minimum atomic E-state index is -0.425. The summed E-state index contributed by atoms with van der Waals surface area (Å²) in [6.45, 7) is 7.90. The van der Waals surface area contributed by atoms with E-state index in [2.05, 4.69) is 6.58 Å². The second-order valence-electron chi connectivity index (χ2n) is 6.03. The van der Waals surface area contributed by atoms with E-state index < -0.39 is 5.97 Å². The molecule has 0 atom stereocenters. The molecule has 0 fully saturated rings. The maximum atomic E-state index is 12.6. The van der Waals surface area contributed by atoms with Crippen LogP contribution in [0.3, 0.4) is 0 Å². The number of carbonyl (C=O) groups is 1. The Bertz CT molecular complexity index is 869. The molecule has 0 bridgehead atoms. The van der Waals surface area contributed by atoms with Crippen LogP contribution >= 0.6 is 0 Å². The van der Waals surface area contributed by atoms with Crippen molar-refractivity contribution in [2.24, 2.45) is 0 Å². The molecule has 6 nitrogen and oxygen atoms in total. The van der Waals surface area contributed by atoms with Crippen LogP contribution in [0.15, 0.2) is 24.3 Å². The lowest BCUT2D eigenvalue weighted by Crippen LogP contribution is -2.11. The summed E-state index contributed by atoms with van der Waals surface area (Å²) >= 11 is 0. The van der Waals surface area contributed by atoms with Gasteiger partial charge in [0.1, 0.15) is 11.5 Å². The van der Waals surface area contributed by atoms with E-state index in [0.717, 1.165) is 5.57 Å². The van der Waals surface area contributed by atoms with Gasteiger partial charge in [0.05, 0.1) is 46.0 Å². The molecule has 2 aromatic carbocycles. The molecule has 0 unspecified atom stereocenters. The molecule has 0 aliphatic carbocycles. The molecule has 6 heteroatoms. The van der Waals surface area contributed by atoms with Crippen molar-refractivity contribution in [1.82, 2.24) is 0 Å². The largest absolute Gasteiger partial charge is 0.496 e. The Kier molecular flexibility index (Phi) is 6.55. The minimum absolute atomic E-state index is 0.273. The first-order valence-corrected chi connectivity index (χ1v) is 8.57. The summed E-state index contributed by atoms with van der Waals surface area (Å²) in [5.74, 6) is 1.63. The molecule has 146 valence electrons. The highest BCUT2D eigenvalue weighted by molar-refractivity contribution is 6.06. The highest BCUT2D eigenvalue weighted by atomic mass is 16.5. The third-order valence-electron chi connectivity index (χ3n) is 4.18. The number of allylic oxidation sites excluding steroid dienone is 1. The van der Waals surface area contributed by atoms with E-state index in [-0.39, 0.29) is 6.61 Å². The smallest absolute Gasteiger partial charge is 0.338 e. The second kappa shape index (κ2) is 8.66. The molecule has 0 amide bonds. The molecule has 0 saturated carbocycles. The lowest BCUT2D eigenvalue weighted by atomic mass is 9.93. The molecular formula is C21H26O6. The molecule has 0 N–H and O–H groups in total. The number of benzene rings is 2. The average Bonchev–Trinajstić information content (AvgIpc) is 2.65. The van der Waals surface area contributed by atoms with E-state index >= 15 is 0 Å². The molecule has 0 aliphatic heterocycles. The predicted octanol–water partition coefficient (Wildman–Crippen LogP) is 4.17. The first-order valence-electron chi connectivity index (χ1n) is 8.57. The molecular weight excluding hydrogens is 348 g/mol. The summed E-state index contributed by atoms with van der Waals surface area (Å²) in [6.07, 6.45) is 0.454. The monoisotopic (exact) mass is 374 g/mol. The van der Waals surface area contributed by atoms with Crippen LogP contribution in [-0.4, -0.2) is 41.0 Å². The van der Waals surface area contributed by atoms with E-state index in [1.54, 1.807) is 47.5 Å². The van der Waals surface area contributed by atoms with Crippen LogP contribution in [0.1, 0.15) is 29.8 Å². The van der Waals surface area contributed by atoms with Crippen LogP contribution in [0.5, 0.6) is 23.0 Å². The molecule has 2 aromatic rings. The number of carbonyl (C=O) groups excluding carboxylic acids is 1. The molecule has 27 heavy (non-hydrogen) atoms. The van der Waals surface area contributed by atoms with Crippen molar-refractivity contribution in [2.75, 3.05) is 35.0 Å². The first kappa shape index (κ1) is 20.4. The van der Waals surface area contributed by atoms with E-state index in [1.165, 1.54) is 0 Å². The third kappa shape index (κ3) is 3.79. The van der Waals surface area contributed by atoms with Gasteiger partial charge in [-0.15, -0.1) is 0 Å². The Morgan fingerprint density at radius 2 is 1.59 bits per heavy atom. The van der Waals surface area contributed by atoms with Crippen molar-refractivity contribution in [3.8, 4) is 23.0 Å². The number of hydrogen-bond donors (Lipinski definition) is 0. The van der Waals surface area contributed by atoms with Crippen LogP contribution in [0.2, 0.25) is 0 Å². The van der Waals surface area contributed by atoms with Crippen LogP contribution in [0.25, 0.3) is 10.8 Å². The Hall–Kier alpha value is -2.89. The fourth-order valence-corrected chi connectivity index (χ4v) is 3.12. The number of hydrogen-bond acceptors (Lipinski definition) is 6. The molecule has 0 saturated heterocycles. The molecule has 0 heterocycles. The second-order valence-corrected chi connectivity index (χ2v) is 6.03. The minimum Gasteiger partial charge on any atom is -0.496 e. The van der Waals surface area contributed by atoms with Gasteiger partial charge in [0.25, 0.3) is 0 Å². The van der Waals surface area contributed by atoms with Gasteiger partial charge in [0, 0.05) is 17.0 Å². The number of fused-ring (bicyclic) bond motifs is 1. The maximum absolute atomic E-state index is 12.6. The van der Waals surface area contributed by atoms with Crippen molar-refractivity contribution in [1.29, 1.82) is 0 Å². The standard InChI is InChI=1S/C21H26O6/c1-8-27-21(22)14-10-15-16(23-4)11-17(24-5)20(26-7)18(15)19(25-6)13(14)9-12(2)3/h10-11H,2,8-9H2,1,3-7H3. The van der Waals surface area contributed by atoms with Gasteiger partial charge in [-0.2, -0.15) is 0 Å². The Morgan fingerprint density at radius 3 is 2.07 bits per heavy atom. The van der Waals surface area contributed by atoms with Gasteiger partial charge in [-0.3, -0.25) is 0 Å². The summed E-state index contributed by atoms with van der Waals surface area (Å²) in [4.78, 5) is 12.6. The molecule has 0 spiro atoms. The highest BCUT2D eigenvalue weighted by Crippen LogP contribution is 2.48. The van der Waals surface area contributed by atoms with Crippen LogP contribution in [0, 0.1) is 0 Å². The number of rotatable bonds is 8. The van der Waals surface area contributed by atoms with Gasteiger partial charge >= 0.3 is 5.97 Å². The fourth-order valence-electron chi connectivity index (χ4n) is 3.12. The first-order chi connectivity index (χ1) is 12.9. The quantitative estimate of drug-likeness (QED) is 0.510. The number of methoxy groups -OCH3 is 4. The van der Waals surface area contributed by atoms with Gasteiger partial charge in [-0.25, -0.2) is 4.79 Å². The molecule has 0 aliphatic rings. The van der Waals surface area contributed by atoms with Crippen molar-refractivity contribution in [3.05, 3.63) is 35.4 Å². The number of ether oxygens (including phenoxy) is 5. The average molecular weight is 374 g/mol. The van der Waals surface area contributed by atoms with E-state index in [9.17, 15) is 4.79 Å². The fraction of sp³-hybridized carbons (Fsp3) is 0.381. The lowest BCUT2D eigenvalue weighted by Gasteiger charge is -2.21. The van der Waals surface area contributed by atoms with Gasteiger partial charge in [0.15, 0.2) is 11.5 Å². The lowest BCUT2D eigenvalue weighted by molar-refractivity contribution is 0.0525. The molecule has 2 rings (SSSR count). The van der Waals surface area contributed by atoms with Gasteiger partial charge in [-0.1, -0.05) is 12.2 Å². The summed E-state index contributed by atoms with van der Waals surface area (Å²) in [5.41, 5.74) is 1.98. The van der Waals surface area contributed by atoms with Gasteiger partial charge in [0.2, 0.25) is 0 Å². The zero-order valence-electron chi connectivity index (χ0n) is 16.7. The third-order valence-corrected chi connectivity index (χ3v) is 4.18. The molecule has 0 radical (unpaired) electrons. The highest BCUT2D eigenvalue weighted by Gasteiger charge is 2.26.